The van der Waals surface area contributed by atoms with Crippen LogP contribution < -0.4 is 5.32 Å². The topological polar surface area (TPSA) is 52.7 Å². The van der Waals surface area contributed by atoms with Crippen LogP contribution in [0.1, 0.15) is 13.3 Å². The standard InChI is InChI=1S/C13H21N3O2.ClH/c1-2-15-6-9(3-12(15)17)13(18)16-7-10-4-14-5-11(10)8-16;/h9-11,14H,2-8H2,1H3;1H/t9?,10-,11+;. The molecule has 6 heteroatoms. The third-order valence-corrected chi connectivity index (χ3v) is 4.65. The Bertz CT molecular complexity index is 365. The molecule has 0 aromatic heterocycles. The van der Waals surface area contributed by atoms with Crippen LogP contribution in [0.4, 0.5) is 0 Å². The van der Waals surface area contributed by atoms with Crippen LogP contribution >= 0.6 is 12.4 Å². The predicted octanol–water partition coefficient (Wildman–Crippen LogP) is -0.0456. The lowest BCUT2D eigenvalue weighted by Crippen LogP contribution is -2.37. The fourth-order valence-electron chi connectivity index (χ4n) is 3.54. The van der Waals surface area contributed by atoms with Gasteiger partial charge < -0.3 is 15.1 Å². The number of amides is 2. The Morgan fingerprint density at radius 2 is 1.89 bits per heavy atom. The molecule has 3 fully saturated rings. The molecule has 0 spiro atoms. The minimum atomic E-state index is -0.0933. The van der Waals surface area contributed by atoms with Gasteiger partial charge in [0.05, 0.1) is 5.92 Å². The number of hydrogen-bond acceptors (Lipinski definition) is 3. The number of likely N-dealkylation sites (tertiary alicyclic amines) is 2. The fourth-order valence-corrected chi connectivity index (χ4v) is 3.54. The molecule has 0 aromatic carbocycles. The van der Waals surface area contributed by atoms with Crippen LogP contribution in [-0.4, -0.2) is 60.9 Å². The molecule has 108 valence electrons. The first kappa shape index (κ1) is 14.6. The summed E-state index contributed by atoms with van der Waals surface area (Å²) in [5, 5.41) is 3.38. The number of nitrogens with zero attached hydrogens (tertiary/aromatic N) is 2. The van der Waals surface area contributed by atoms with E-state index in [1.165, 1.54) is 0 Å². The van der Waals surface area contributed by atoms with Crippen molar-refractivity contribution < 1.29 is 9.59 Å². The van der Waals surface area contributed by atoms with Gasteiger partial charge in [0.1, 0.15) is 0 Å². The summed E-state index contributed by atoms with van der Waals surface area (Å²) < 4.78 is 0. The van der Waals surface area contributed by atoms with Crippen molar-refractivity contribution in [1.82, 2.24) is 15.1 Å². The molecule has 0 bridgehead atoms. The SMILES string of the molecule is CCN1CC(C(=O)N2C[C@H]3CNC[C@H]3C2)CC1=O.Cl. The summed E-state index contributed by atoms with van der Waals surface area (Å²) in [4.78, 5) is 27.9. The molecule has 3 aliphatic heterocycles. The number of rotatable bonds is 2. The number of halogens is 1. The number of fused-ring (bicyclic) bond motifs is 1. The van der Waals surface area contributed by atoms with Crippen LogP contribution in [-0.2, 0) is 9.59 Å². The zero-order chi connectivity index (χ0) is 12.7. The van der Waals surface area contributed by atoms with Gasteiger partial charge in [0.2, 0.25) is 11.8 Å². The van der Waals surface area contributed by atoms with Crippen LogP contribution in [0.5, 0.6) is 0 Å². The monoisotopic (exact) mass is 287 g/mol. The van der Waals surface area contributed by atoms with Crippen molar-refractivity contribution in [3.05, 3.63) is 0 Å². The van der Waals surface area contributed by atoms with Gasteiger partial charge in [0.15, 0.2) is 0 Å². The maximum absolute atomic E-state index is 12.4. The second kappa shape index (κ2) is 5.67. The van der Waals surface area contributed by atoms with E-state index < -0.39 is 0 Å². The lowest BCUT2D eigenvalue weighted by molar-refractivity contribution is -0.135. The summed E-state index contributed by atoms with van der Waals surface area (Å²) in [6.07, 6.45) is 0.413. The fraction of sp³-hybridized carbons (Fsp3) is 0.846. The first-order valence-corrected chi connectivity index (χ1v) is 6.96. The highest BCUT2D eigenvalue weighted by atomic mass is 35.5. The summed E-state index contributed by atoms with van der Waals surface area (Å²) in [5.74, 6) is 1.51. The normalized spacial score (nSPS) is 33.5. The van der Waals surface area contributed by atoms with Gasteiger partial charge >= 0.3 is 0 Å². The molecular formula is C13H22ClN3O2. The number of hydrogen-bond donors (Lipinski definition) is 1. The number of nitrogens with one attached hydrogen (secondary N) is 1. The van der Waals surface area contributed by atoms with E-state index in [0.717, 1.165) is 32.7 Å². The molecule has 5 nitrogen and oxygen atoms in total. The van der Waals surface area contributed by atoms with Crippen molar-refractivity contribution in [3.8, 4) is 0 Å². The van der Waals surface area contributed by atoms with Crippen LogP contribution in [0.25, 0.3) is 0 Å². The minimum absolute atomic E-state index is 0. The Morgan fingerprint density at radius 3 is 2.42 bits per heavy atom. The van der Waals surface area contributed by atoms with E-state index in [-0.39, 0.29) is 30.1 Å². The van der Waals surface area contributed by atoms with Crippen molar-refractivity contribution in [2.45, 2.75) is 13.3 Å². The van der Waals surface area contributed by atoms with Gasteiger partial charge in [-0.15, -0.1) is 12.4 Å². The minimum Gasteiger partial charge on any atom is -0.342 e. The van der Waals surface area contributed by atoms with Crippen LogP contribution in [0.2, 0.25) is 0 Å². The first-order chi connectivity index (χ1) is 8.69. The molecule has 3 heterocycles. The number of carbonyl (C=O) groups is 2. The highest BCUT2D eigenvalue weighted by Gasteiger charge is 2.42. The average molecular weight is 288 g/mol. The lowest BCUT2D eigenvalue weighted by Gasteiger charge is -2.21. The molecule has 1 unspecified atom stereocenters. The highest BCUT2D eigenvalue weighted by Crippen LogP contribution is 2.29. The van der Waals surface area contributed by atoms with Crippen molar-refractivity contribution in [2.24, 2.45) is 17.8 Å². The summed E-state index contributed by atoms with van der Waals surface area (Å²) in [5.41, 5.74) is 0. The molecule has 0 aliphatic carbocycles. The predicted molar refractivity (Wildman–Crippen MR) is 74.0 cm³/mol. The van der Waals surface area contributed by atoms with Crippen molar-refractivity contribution >= 4 is 24.2 Å². The lowest BCUT2D eigenvalue weighted by atomic mass is 10.0. The Hall–Kier alpha value is -0.810. The second-order valence-electron chi connectivity index (χ2n) is 5.76. The molecule has 0 radical (unpaired) electrons. The third kappa shape index (κ3) is 2.58. The highest BCUT2D eigenvalue weighted by molar-refractivity contribution is 5.89. The zero-order valence-corrected chi connectivity index (χ0v) is 12.1. The van der Waals surface area contributed by atoms with E-state index >= 15 is 0 Å². The molecule has 0 aromatic rings. The van der Waals surface area contributed by atoms with Gasteiger partial charge in [-0.3, -0.25) is 9.59 Å². The Balaban J connectivity index is 0.00000133. The summed E-state index contributed by atoms with van der Waals surface area (Å²) in [6.45, 7) is 7.16. The van der Waals surface area contributed by atoms with E-state index in [4.69, 9.17) is 0 Å². The Labute approximate surface area is 120 Å². The van der Waals surface area contributed by atoms with E-state index in [9.17, 15) is 9.59 Å². The second-order valence-corrected chi connectivity index (χ2v) is 5.76. The summed E-state index contributed by atoms with van der Waals surface area (Å²) in [7, 11) is 0. The first-order valence-electron chi connectivity index (χ1n) is 6.96. The van der Waals surface area contributed by atoms with E-state index in [0.29, 0.717) is 24.8 Å². The Kier molecular flexibility index (Phi) is 4.36. The van der Waals surface area contributed by atoms with Gasteiger partial charge in [0.25, 0.3) is 0 Å². The van der Waals surface area contributed by atoms with Gasteiger partial charge in [-0.05, 0) is 18.8 Å². The molecule has 2 amide bonds. The molecule has 3 rings (SSSR count). The van der Waals surface area contributed by atoms with Crippen LogP contribution in [0.3, 0.4) is 0 Å². The molecule has 3 saturated heterocycles. The molecule has 19 heavy (non-hydrogen) atoms. The third-order valence-electron chi connectivity index (χ3n) is 4.65. The molecule has 0 saturated carbocycles. The van der Waals surface area contributed by atoms with E-state index in [1.54, 1.807) is 4.90 Å². The largest absolute Gasteiger partial charge is 0.342 e. The molecular weight excluding hydrogens is 266 g/mol. The average Bonchev–Trinajstić information content (AvgIpc) is 3.00. The van der Waals surface area contributed by atoms with Gasteiger partial charge in [0, 0.05) is 45.7 Å². The van der Waals surface area contributed by atoms with E-state index in [1.807, 2.05) is 11.8 Å². The maximum atomic E-state index is 12.4. The van der Waals surface area contributed by atoms with Gasteiger partial charge in [-0.2, -0.15) is 0 Å². The molecule has 1 N–H and O–H groups in total. The smallest absolute Gasteiger partial charge is 0.228 e. The van der Waals surface area contributed by atoms with Crippen molar-refractivity contribution in [2.75, 3.05) is 39.3 Å². The molecule has 3 atom stereocenters. The van der Waals surface area contributed by atoms with Crippen molar-refractivity contribution in [1.29, 1.82) is 0 Å². The summed E-state index contributed by atoms with van der Waals surface area (Å²) in [6, 6.07) is 0. The van der Waals surface area contributed by atoms with Gasteiger partial charge in [-0.25, -0.2) is 0 Å². The maximum Gasteiger partial charge on any atom is 0.228 e. The summed E-state index contributed by atoms with van der Waals surface area (Å²) >= 11 is 0. The van der Waals surface area contributed by atoms with E-state index in [2.05, 4.69) is 5.32 Å². The zero-order valence-electron chi connectivity index (χ0n) is 11.3. The van der Waals surface area contributed by atoms with Crippen LogP contribution in [0.15, 0.2) is 0 Å². The quantitative estimate of drug-likeness (QED) is 0.775. The Morgan fingerprint density at radius 1 is 1.26 bits per heavy atom. The van der Waals surface area contributed by atoms with Crippen LogP contribution in [0, 0.1) is 17.8 Å². The van der Waals surface area contributed by atoms with Gasteiger partial charge in [-0.1, -0.05) is 0 Å². The molecule has 3 aliphatic rings. The van der Waals surface area contributed by atoms with Crippen molar-refractivity contribution in [3.63, 3.8) is 0 Å². The number of carbonyl (C=O) groups excluding carboxylic acids is 2.